The molecule has 2 aliphatic heterocycles. The van der Waals surface area contributed by atoms with Crippen molar-refractivity contribution >= 4 is 11.8 Å². The Morgan fingerprint density at radius 3 is 2.75 bits per heavy atom. The van der Waals surface area contributed by atoms with Crippen molar-refractivity contribution in [3.8, 4) is 0 Å². The second-order valence-corrected chi connectivity index (χ2v) is 7.01. The molecule has 0 aliphatic carbocycles. The quantitative estimate of drug-likeness (QED) is 0.907. The van der Waals surface area contributed by atoms with Gasteiger partial charge in [-0.3, -0.25) is 9.59 Å². The summed E-state index contributed by atoms with van der Waals surface area (Å²) in [5.41, 5.74) is 2.51. The predicted molar refractivity (Wildman–Crippen MR) is 91.4 cm³/mol. The van der Waals surface area contributed by atoms with Crippen molar-refractivity contribution in [3.63, 3.8) is 0 Å². The molecule has 3 rings (SSSR count). The van der Waals surface area contributed by atoms with E-state index in [1.807, 2.05) is 12.1 Å². The molecular formula is C19H26N2O3. The van der Waals surface area contributed by atoms with Crippen LogP contribution in [-0.4, -0.2) is 59.0 Å². The van der Waals surface area contributed by atoms with Gasteiger partial charge in [0.25, 0.3) is 0 Å². The Labute approximate surface area is 143 Å². The third-order valence-electron chi connectivity index (χ3n) is 5.31. The molecule has 2 atom stereocenters. The first-order valence-electron chi connectivity index (χ1n) is 8.82. The molecule has 0 aromatic heterocycles. The lowest BCUT2D eigenvalue weighted by atomic mass is 9.86. The topological polar surface area (TPSA) is 60.9 Å². The van der Waals surface area contributed by atoms with Crippen molar-refractivity contribution < 1.29 is 14.7 Å². The van der Waals surface area contributed by atoms with Gasteiger partial charge >= 0.3 is 0 Å². The molecule has 0 spiro atoms. The summed E-state index contributed by atoms with van der Waals surface area (Å²) in [5.74, 6) is 0.209. The molecular weight excluding hydrogens is 304 g/mol. The molecule has 2 aliphatic rings. The number of hydrogen-bond donors (Lipinski definition) is 1. The molecule has 2 saturated heterocycles. The first-order chi connectivity index (χ1) is 11.5. The van der Waals surface area contributed by atoms with Crippen molar-refractivity contribution in [1.82, 2.24) is 9.80 Å². The summed E-state index contributed by atoms with van der Waals surface area (Å²) < 4.78 is 0. The SMILES string of the molecule is Cc1ccccc1C[C@H]1CCN(C(=O)CN2CCCC2=O)C[C@@H]1O. The predicted octanol–water partition coefficient (Wildman–Crippen LogP) is 1.37. The highest BCUT2D eigenvalue weighted by molar-refractivity contribution is 5.85. The number of piperidine rings is 1. The monoisotopic (exact) mass is 330 g/mol. The minimum absolute atomic E-state index is 0.0429. The van der Waals surface area contributed by atoms with Crippen molar-refractivity contribution in [2.45, 2.75) is 38.7 Å². The zero-order valence-corrected chi connectivity index (χ0v) is 14.3. The summed E-state index contributed by atoms with van der Waals surface area (Å²) in [7, 11) is 0. The zero-order chi connectivity index (χ0) is 17.1. The average molecular weight is 330 g/mol. The molecule has 5 heteroatoms. The van der Waals surface area contributed by atoms with Crippen molar-refractivity contribution in [3.05, 3.63) is 35.4 Å². The zero-order valence-electron chi connectivity index (χ0n) is 14.3. The van der Waals surface area contributed by atoms with Crippen LogP contribution in [0.25, 0.3) is 0 Å². The Kier molecular flexibility index (Phi) is 5.19. The molecule has 0 radical (unpaired) electrons. The fraction of sp³-hybridized carbons (Fsp3) is 0.579. The van der Waals surface area contributed by atoms with Gasteiger partial charge in [0.15, 0.2) is 0 Å². The van der Waals surface area contributed by atoms with Crippen molar-refractivity contribution in [1.29, 1.82) is 0 Å². The van der Waals surface area contributed by atoms with E-state index in [2.05, 4.69) is 19.1 Å². The van der Waals surface area contributed by atoms with Crippen LogP contribution in [0.1, 0.15) is 30.4 Å². The number of hydrogen-bond acceptors (Lipinski definition) is 3. The van der Waals surface area contributed by atoms with Gasteiger partial charge in [0.1, 0.15) is 0 Å². The van der Waals surface area contributed by atoms with Crippen LogP contribution in [0.4, 0.5) is 0 Å². The van der Waals surface area contributed by atoms with Gasteiger partial charge < -0.3 is 14.9 Å². The molecule has 0 saturated carbocycles. The van der Waals surface area contributed by atoms with E-state index in [9.17, 15) is 14.7 Å². The van der Waals surface area contributed by atoms with Gasteiger partial charge in [0.05, 0.1) is 12.6 Å². The Balaban J connectivity index is 1.54. The number of nitrogens with zero attached hydrogens (tertiary/aromatic N) is 2. The normalized spacial score (nSPS) is 24.5. The van der Waals surface area contributed by atoms with Gasteiger partial charge in [-0.2, -0.15) is 0 Å². The standard InChI is InChI=1S/C19H26N2O3/c1-14-5-2-3-6-15(14)11-16-8-10-21(12-17(16)22)19(24)13-20-9-4-7-18(20)23/h2-3,5-6,16-17,22H,4,7-13H2,1H3/t16-,17+/m1/s1. The molecule has 0 unspecified atom stereocenters. The van der Waals surface area contributed by atoms with Gasteiger partial charge in [-0.15, -0.1) is 0 Å². The van der Waals surface area contributed by atoms with E-state index in [0.29, 0.717) is 26.1 Å². The lowest BCUT2D eigenvalue weighted by Crippen LogP contribution is -2.50. The Morgan fingerprint density at radius 1 is 1.29 bits per heavy atom. The Morgan fingerprint density at radius 2 is 2.08 bits per heavy atom. The second kappa shape index (κ2) is 7.34. The number of likely N-dealkylation sites (tertiary alicyclic amines) is 2. The number of aliphatic hydroxyl groups is 1. The van der Waals surface area contributed by atoms with Gasteiger partial charge in [0.2, 0.25) is 11.8 Å². The fourth-order valence-corrected chi connectivity index (χ4v) is 3.70. The van der Waals surface area contributed by atoms with Crippen LogP contribution >= 0.6 is 0 Å². The molecule has 1 aromatic rings. The van der Waals surface area contributed by atoms with E-state index >= 15 is 0 Å². The number of β-amino-alcohol motifs (C(OH)–C–C–N with tert-alkyl or cyclic N) is 1. The van der Waals surface area contributed by atoms with Gasteiger partial charge in [-0.05, 0) is 43.2 Å². The van der Waals surface area contributed by atoms with Crippen LogP contribution in [0.3, 0.4) is 0 Å². The molecule has 24 heavy (non-hydrogen) atoms. The highest BCUT2D eigenvalue weighted by Crippen LogP contribution is 2.24. The minimum atomic E-state index is -0.503. The molecule has 2 heterocycles. The minimum Gasteiger partial charge on any atom is -0.391 e. The number of carbonyl (C=O) groups excluding carboxylic acids is 2. The van der Waals surface area contributed by atoms with Crippen molar-refractivity contribution in [2.24, 2.45) is 5.92 Å². The van der Waals surface area contributed by atoms with Crippen LogP contribution in [0, 0.1) is 12.8 Å². The molecule has 0 bridgehead atoms. The third-order valence-corrected chi connectivity index (χ3v) is 5.31. The summed E-state index contributed by atoms with van der Waals surface area (Å²) in [6, 6.07) is 8.25. The Hall–Kier alpha value is -1.88. The van der Waals surface area contributed by atoms with Crippen LogP contribution < -0.4 is 0 Å². The first-order valence-corrected chi connectivity index (χ1v) is 8.82. The lowest BCUT2D eigenvalue weighted by Gasteiger charge is -2.37. The summed E-state index contributed by atoms with van der Waals surface area (Å²) in [6.07, 6.45) is 2.54. The van der Waals surface area contributed by atoms with Gasteiger partial charge in [-0.25, -0.2) is 0 Å². The molecule has 5 nitrogen and oxygen atoms in total. The summed E-state index contributed by atoms with van der Waals surface area (Å²) >= 11 is 0. The average Bonchev–Trinajstić information content (AvgIpc) is 2.96. The largest absolute Gasteiger partial charge is 0.391 e. The Bertz CT molecular complexity index is 616. The number of aliphatic hydroxyl groups excluding tert-OH is 1. The third kappa shape index (κ3) is 3.78. The van der Waals surface area contributed by atoms with E-state index in [1.165, 1.54) is 11.1 Å². The van der Waals surface area contributed by atoms with Crippen LogP contribution in [0.15, 0.2) is 24.3 Å². The molecule has 130 valence electrons. The van der Waals surface area contributed by atoms with Crippen molar-refractivity contribution in [2.75, 3.05) is 26.2 Å². The summed E-state index contributed by atoms with van der Waals surface area (Å²) in [5, 5.41) is 10.5. The first kappa shape index (κ1) is 17.0. The molecule has 1 N–H and O–H groups in total. The summed E-state index contributed by atoms with van der Waals surface area (Å²) in [6.45, 7) is 3.96. The van der Waals surface area contributed by atoms with E-state index < -0.39 is 6.10 Å². The number of carbonyl (C=O) groups is 2. The summed E-state index contributed by atoms with van der Waals surface area (Å²) in [4.78, 5) is 27.4. The maximum absolute atomic E-state index is 12.4. The number of amides is 2. The molecule has 2 amide bonds. The number of rotatable bonds is 4. The maximum atomic E-state index is 12.4. The highest BCUT2D eigenvalue weighted by atomic mass is 16.3. The highest BCUT2D eigenvalue weighted by Gasteiger charge is 2.32. The van der Waals surface area contributed by atoms with Gasteiger partial charge in [0, 0.05) is 26.1 Å². The van der Waals surface area contributed by atoms with E-state index in [1.54, 1.807) is 9.80 Å². The fourth-order valence-electron chi connectivity index (χ4n) is 3.70. The molecule has 1 aromatic carbocycles. The van der Waals surface area contributed by atoms with Crippen LogP contribution in [0.2, 0.25) is 0 Å². The number of aryl methyl sites for hydroxylation is 1. The number of benzene rings is 1. The van der Waals surface area contributed by atoms with E-state index in [4.69, 9.17) is 0 Å². The second-order valence-electron chi connectivity index (χ2n) is 7.01. The molecule has 2 fully saturated rings. The van der Waals surface area contributed by atoms with Gasteiger partial charge in [-0.1, -0.05) is 24.3 Å². The van der Waals surface area contributed by atoms with Crippen LogP contribution in [0.5, 0.6) is 0 Å². The van der Waals surface area contributed by atoms with E-state index in [0.717, 1.165) is 19.3 Å². The van der Waals surface area contributed by atoms with Crippen LogP contribution in [-0.2, 0) is 16.0 Å². The van der Waals surface area contributed by atoms with E-state index in [-0.39, 0.29) is 24.3 Å². The lowest BCUT2D eigenvalue weighted by molar-refractivity contribution is -0.141. The smallest absolute Gasteiger partial charge is 0.242 e. The maximum Gasteiger partial charge on any atom is 0.242 e.